The van der Waals surface area contributed by atoms with Gasteiger partial charge in [-0.3, -0.25) is 0 Å². The molecule has 0 aliphatic rings. The standard InChI is InChI=1S/C20H15ClN2O3S/c21-16-10-8-14(9-11-16)19(24)18-13-15-5-4-12-22-20(15)23(18)27(25,26)17-6-2-1-3-7-17/h1-13,19,24H/t19-/m0/s1. The molecule has 0 radical (unpaired) electrons. The zero-order chi connectivity index (χ0) is 19.0. The summed E-state index contributed by atoms with van der Waals surface area (Å²) in [5.41, 5.74) is 1.02. The largest absolute Gasteiger partial charge is 0.382 e. The van der Waals surface area contributed by atoms with Crippen LogP contribution in [0.1, 0.15) is 17.4 Å². The molecule has 2 aromatic heterocycles. The molecule has 0 aliphatic heterocycles. The molecule has 0 spiro atoms. The van der Waals surface area contributed by atoms with Crippen molar-refractivity contribution in [2.75, 3.05) is 0 Å². The third kappa shape index (κ3) is 3.12. The van der Waals surface area contributed by atoms with Crippen molar-refractivity contribution in [1.29, 1.82) is 0 Å². The molecule has 0 bridgehead atoms. The second-order valence-corrected chi connectivity index (χ2v) is 8.25. The average molecular weight is 399 g/mol. The maximum Gasteiger partial charge on any atom is 0.269 e. The first-order valence-electron chi connectivity index (χ1n) is 8.19. The molecule has 5 nitrogen and oxygen atoms in total. The van der Waals surface area contributed by atoms with Gasteiger partial charge in [-0.05, 0) is 48.0 Å². The van der Waals surface area contributed by atoms with Gasteiger partial charge in [0.15, 0.2) is 5.65 Å². The average Bonchev–Trinajstić information content (AvgIpc) is 3.09. The van der Waals surface area contributed by atoms with E-state index in [1.54, 1.807) is 60.7 Å². The minimum atomic E-state index is -3.95. The van der Waals surface area contributed by atoms with Gasteiger partial charge in [0.25, 0.3) is 10.0 Å². The van der Waals surface area contributed by atoms with Crippen LogP contribution in [0.3, 0.4) is 0 Å². The predicted molar refractivity (Wildman–Crippen MR) is 104 cm³/mol. The van der Waals surface area contributed by atoms with Gasteiger partial charge in [-0.2, -0.15) is 0 Å². The molecule has 4 rings (SSSR count). The first-order chi connectivity index (χ1) is 13.0. The summed E-state index contributed by atoms with van der Waals surface area (Å²) in [6.07, 6.45) is 0.368. The van der Waals surface area contributed by atoms with Crippen LogP contribution in [0.5, 0.6) is 0 Å². The Morgan fingerprint density at radius 1 is 0.963 bits per heavy atom. The summed E-state index contributed by atoms with van der Waals surface area (Å²) in [6.45, 7) is 0. The van der Waals surface area contributed by atoms with E-state index in [2.05, 4.69) is 4.98 Å². The fraction of sp³-hybridized carbons (Fsp3) is 0.0500. The molecule has 0 saturated heterocycles. The van der Waals surface area contributed by atoms with Crippen molar-refractivity contribution in [3.05, 3.63) is 95.3 Å². The molecule has 0 fully saturated rings. The van der Waals surface area contributed by atoms with Gasteiger partial charge in [0.2, 0.25) is 0 Å². The van der Waals surface area contributed by atoms with E-state index in [4.69, 9.17) is 11.6 Å². The van der Waals surface area contributed by atoms with Crippen molar-refractivity contribution in [2.24, 2.45) is 0 Å². The van der Waals surface area contributed by atoms with Crippen LogP contribution < -0.4 is 0 Å². The van der Waals surface area contributed by atoms with Gasteiger partial charge in [0, 0.05) is 16.6 Å². The van der Waals surface area contributed by atoms with Crippen LogP contribution in [-0.2, 0) is 10.0 Å². The summed E-state index contributed by atoms with van der Waals surface area (Å²) < 4.78 is 27.7. The molecule has 0 amide bonds. The molecule has 2 heterocycles. The first kappa shape index (κ1) is 17.7. The molecule has 0 aliphatic carbocycles. The highest BCUT2D eigenvalue weighted by atomic mass is 35.5. The van der Waals surface area contributed by atoms with Crippen LogP contribution in [0.25, 0.3) is 11.0 Å². The van der Waals surface area contributed by atoms with Gasteiger partial charge in [-0.25, -0.2) is 17.4 Å². The Hall–Kier alpha value is -2.67. The minimum absolute atomic E-state index is 0.123. The van der Waals surface area contributed by atoms with Crippen molar-refractivity contribution in [3.8, 4) is 0 Å². The Labute approximate surface area is 161 Å². The number of aliphatic hydroxyl groups excluding tert-OH is 1. The predicted octanol–water partition coefficient (Wildman–Crippen LogP) is 4.01. The Kier molecular flexibility index (Phi) is 4.47. The number of pyridine rings is 1. The highest BCUT2D eigenvalue weighted by Crippen LogP contribution is 2.31. The molecule has 1 N–H and O–H groups in total. The number of aliphatic hydroxyl groups is 1. The van der Waals surface area contributed by atoms with Crippen molar-refractivity contribution in [3.63, 3.8) is 0 Å². The van der Waals surface area contributed by atoms with Gasteiger partial charge in [0.05, 0.1) is 10.6 Å². The van der Waals surface area contributed by atoms with E-state index in [1.807, 2.05) is 0 Å². The van der Waals surface area contributed by atoms with E-state index in [0.717, 1.165) is 3.97 Å². The fourth-order valence-electron chi connectivity index (χ4n) is 2.99. The quantitative estimate of drug-likeness (QED) is 0.563. The third-order valence-electron chi connectivity index (χ3n) is 4.29. The monoisotopic (exact) mass is 398 g/mol. The summed E-state index contributed by atoms with van der Waals surface area (Å²) in [7, 11) is -3.95. The number of halogens is 1. The van der Waals surface area contributed by atoms with Crippen LogP contribution in [-0.4, -0.2) is 22.5 Å². The third-order valence-corrected chi connectivity index (χ3v) is 6.28. The summed E-state index contributed by atoms with van der Waals surface area (Å²) >= 11 is 5.92. The maximum absolute atomic E-state index is 13.3. The molecule has 7 heteroatoms. The van der Waals surface area contributed by atoms with Crippen LogP contribution in [0.2, 0.25) is 5.02 Å². The number of nitrogens with zero attached hydrogens (tertiary/aromatic N) is 2. The summed E-state index contributed by atoms with van der Waals surface area (Å²) in [4.78, 5) is 4.36. The van der Waals surface area contributed by atoms with Crippen LogP contribution >= 0.6 is 11.6 Å². The molecule has 0 unspecified atom stereocenters. The highest BCUT2D eigenvalue weighted by molar-refractivity contribution is 7.90. The van der Waals surface area contributed by atoms with E-state index in [-0.39, 0.29) is 16.2 Å². The van der Waals surface area contributed by atoms with E-state index in [1.165, 1.54) is 18.3 Å². The summed E-state index contributed by atoms with van der Waals surface area (Å²) in [5, 5.41) is 12.1. The molecule has 0 saturated carbocycles. The molecule has 1 atom stereocenters. The second-order valence-electron chi connectivity index (χ2n) is 6.02. The zero-order valence-corrected chi connectivity index (χ0v) is 15.6. The fourth-order valence-corrected chi connectivity index (χ4v) is 4.64. The Morgan fingerprint density at radius 3 is 2.37 bits per heavy atom. The normalized spacial score (nSPS) is 13.0. The van der Waals surface area contributed by atoms with E-state index in [0.29, 0.717) is 16.0 Å². The summed E-state index contributed by atoms with van der Waals surface area (Å²) in [6, 6.07) is 19.8. The molecule has 136 valence electrons. The molecule has 2 aromatic carbocycles. The number of hydrogen-bond acceptors (Lipinski definition) is 4. The minimum Gasteiger partial charge on any atom is -0.382 e. The lowest BCUT2D eigenvalue weighted by molar-refractivity contribution is 0.214. The van der Waals surface area contributed by atoms with E-state index >= 15 is 0 Å². The molecule has 4 aromatic rings. The molecular formula is C20H15ClN2O3S. The SMILES string of the molecule is O=S(=O)(c1ccccc1)n1c([C@@H](O)c2ccc(Cl)cc2)cc2cccnc21. The Balaban J connectivity index is 1.97. The number of fused-ring (bicyclic) bond motifs is 1. The number of aromatic nitrogens is 2. The zero-order valence-electron chi connectivity index (χ0n) is 14.0. The smallest absolute Gasteiger partial charge is 0.269 e. The lowest BCUT2D eigenvalue weighted by atomic mass is 10.1. The second kappa shape index (κ2) is 6.81. The Bertz CT molecular complexity index is 1200. The number of benzene rings is 2. The molecule has 27 heavy (non-hydrogen) atoms. The number of hydrogen-bond donors (Lipinski definition) is 1. The van der Waals surface area contributed by atoms with E-state index in [9.17, 15) is 13.5 Å². The topological polar surface area (TPSA) is 72.2 Å². The van der Waals surface area contributed by atoms with Crippen molar-refractivity contribution in [1.82, 2.24) is 8.96 Å². The van der Waals surface area contributed by atoms with Gasteiger partial charge >= 0.3 is 0 Å². The van der Waals surface area contributed by atoms with Crippen LogP contribution in [0.4, 0.5) is 0 Å². The molecular weight excluding hydrogens is 384 g/mol. The highest BCUT2D eigenvalue weighted by Gasteiger charge is 2.27. The van der Waals surface area contributed by atoms with E-state index < -0.39 is 16.1 Å². The van der Waals surface area contributed by atoms with Gasteiger partial charge < -0.3 is 5.11 Å². The van der Waals surface area contributed by atoms with Crippen LogP contribution in [0.15, 0.2) is 83.9 Å². The van der Waals surface area contributed by atoms with Gasteiger partial charge in [0.1, 0.15) is 6.10 Å². The lowest BCUT2D eigenvalue weighted by Crippen LogP contribution is -2.18. The summed E-state index contributed by atoms with van der Waals surface area (Å²) in [5.74, 6) is 0. The lowest BCUT2D eigenvalue weighted by Gasteiger charge is -2.16. The number of rotatable bonds is 4. The van der Waals surface area contributed by atoms with Crippen LogP contribution in [0, 0.1) is 0 Å². The van der Waals surface area contributed by atoms with Crippen molar-refractivity contribution in [2.45, 2.75) is 11.0 Å². The van der Waals surface area contributed by atoms with Gasteiger partial charge in [-0.15, -0.1) is 0 Å². The van der Waals surface area contributed by atoms with Crippen molar-refractivity contribution < 1.29 is 13.5 Å². The van der Waals surface area contributed by atoms with Crippen molar-refractivity contribution >= 4 is 32.7 Å². The van der Waals surface area contributed by atoms with Gasteiger partial charge in [-0.1, -0.05) is 41.9 Å². The first-order valence-corrected chi connectivity index (χ1v) is 10.0. The maximum atomic E-state index is 13.3. The Morgan fingerprint density at radius 2 is 1.67 bits per heavy atom.